The van der Waals surface area contributed by atoms with Gasteiger partial charge in [0.25, 0.3) is 0 Å². The van der Waals surface area contributed by atoms with E-state index >= 15 is 0 Å². The van der Waals surface area contributed by atoms with Crippen LogP contribution in [0, 0.1) is 0 Å². The molecule has 3 heteroatoms. The van der Waals surface area contributed by atoms with E-state index in [-0.39, 0.29) is 0 Å². The highest BCUT2D eigenvalue weighted by molar-refractivity contribution is 9.09. The van der Waals surface area contributed by atoms with Crippen LogP contribution < -0.4 is 0 Å². The smallest absolute Gasteiger partial charge is 0.0457 e. The zero-order chi connectivity index (χ0) is 9.97. The molecular formula is C11H11BrClN. The summed E-state index contributed by atoms with van der Waals surface area (Å²) < 4.78 is 0. The lowest BCUT2D eigenvalue weighted by Crippen LogP contribution is -1.84. The third-order valence-corrected chi connectivity index (χ3v) is 3.01. The maximum absolute atomic E-state index is 5.91. The number of hydrogen-bond acceptors (Lipinski definition) is 0. The second-order valence-corrected chi connectivity index (χ2v) is 4.55. The van der Waals surface area contributed by atoms with E-state index in [2.05, 4.69) is 27.0 Å². The van der Waals surface area contributed by atoms with Crippen molar-refractivity contribution < 1.29 is 0 Å². The summed E-state index contributed by atoms with van der Waals surface area (Å²) >= 11 is 9.34. The number of benzene rings is 1. The predicted octanol–water partition coefficient (Wildman–Crippen LogP) is 4.15. The molecule has 1 aromatic heterocycles. The predicted molar refractivity (Wildman–Crippen MR) is 65.4 cm³/mol. The molecule has 0 saturated carbocycles. The van der Waals surface area contributed by atoms with Crippen molar-refractivity contribution in [2.75, 3.05) is 5.33 Å². The molecule has 0 atom stereocenters. The molecule has 74 valence electrons. The van der Waals surface area contributed by atoms with E-state index < -0.39 is 0 Å². The highest BCUT2D eigenvalue weighted by atomic mass is 79.9. The van der Waals surface area contributed by atoms with Crippen molar-refractivity contribution in [2.45, 2.75) is 12.8 Å². The molecular weight excluding hydrogens is 261 g/mol. The first kappa shape index (κ1) is 10.1. The quantitative estimate of drug-likeness (QED) is 0.808. The normalized spacial score (nSPS) is 11.0. The second kappa shape index (κ2) is 4.37. The lowest BCUT2D eigenvalue weighted by molar-refractivity contribution is 0.911. The van der Waals surface area contributed by atoms with E-state index in [9.17, 15) is 0 Å². The molecule has 2 aromatic rings. The third-order valence-electron chi connectivity index (χ3n) is 2.22. The molecule has 0 radical (unpaired) electrons. The van der Waals surface area contributed by atoms with Crippen molar-refractivity contribution in [3.8, 4) is 0 Å². The summed E-state index contributed by atoms with van der Waals surface area (Å²) in [6, 6.07) is 8.10. The van der Waals surface area contributed by atoms with Gasteiger partial charge >= 0.3 is 0 Å². The fourth-order valence-electron chi connectivity index (χ4n) is 1.56. The highest BCUT2D eigenvalue weighted by Crippen LogP contribution is 2.20. The van der Waals surface area contributed by atoms with Crippen molar-refractivity contribution in [1.29, 1.82) is 0 Å². The monoisotopic (exact) mass is 271 g/mol. The Labute approximate surface area is 96.6 Å². The van der Waals surface area contributed by atoms with Crippen LogP contribution >= 0.6 is 27.5 Å². The minimum atomic E-state index is 0.795. The van der Waals surface area contributed by atoms with Gasteiger partial charge in [-0.15, -0.1) is 0 Å². The van der Waals surface area contributed by atoms with Crippen LogP contribution in [-0.4, -0.2) is 10.3 Å². The number of rotatable bonds is 3. The van der Waals surface area contributed by atoms with Crippen LogP contribution in [0.1, 0.15) is 12.1 Å². The first-order chi connectivity index (χ1) is 6.79. The average molecular weight is 273 g/mol. The second-order valence-electron chi connectivity index (χ2n) is 3.32. The standard InChI is InChI=1S/C11H11BrClN/c12-5-1-2-10-7-8-6-9(13)3-4-11(8)14-10/h3-4,6-7,14H,1-2,5H2. The van der Waals surface area contributed by atoms with Gasteiger partial charge in [0.2, 0.25) is 0 Å². The van der Waals surface area contributed by atoms with Gasteiger partial charge in [0.05, 0.1) is 0 Å². The number of H-pyrrole nitrogens is 1. The molecule has 0 aliphatic heterocycles. The van der Waals surface area contributed by atoms with Gasteiger partial charge in [-0.2, -0.15) is 0 Å². The van der Waals surface area contributed by atoms with Gasteiger partial charge in [0.1, 0.15) is 0 Å². The average Bonchev–Trinajstić information content (AvgIpc) is 2.56. The third kappa shape index (κ3) is 2.12. The molecule has 1 heterocycles. The Morgan fingerprint density at radius 3 is 2.93 bits per heavy atom. The van der Waals surface area contributed by atoms with Crippen LogP contribution in [0.4, 0.5) is 0 Å². The Morgan fingerprint density at radius 2 is 2.14 bits per heavy atom. The van der Waals surface area contributed by atoms with Gasteiger partial charge in [-0.1, -0.05) is 27.5 Å². The van der Waals surface area contributed by atoms with Gasteiger partial charge in [-0.05, 0) is 37.1 Å². The topological polar surface area (TPSA) is 15.8 Å². The summed E-state index contributed by atoms with van der Waals surface area (Å²) in [7, 11) is 0. The first-order valence-electron chi connectivity index (χ1n) is 4.63. The molecule has 14 heavy (non-hydrogen) atoms. The van der Waals surface area contributed by atoms with Crippen molar-refractivity contribution in [1.82, 2.24) is 4.98 Å². The summed E-state index contributed by atoms with van der Waals surface area (Å²) in [5.41, 5.74) is 2.45. The zero-order valence-electron chi connectivity index (χ0n) is 7.69. The van der Waals surface area contributed by atoms with E-state index in [1.165, 1.54) is 16.6 Å². The number of aromatic amines is 1. The van der Waals surface area contributed by atoms with Crippen LogP contribution in [0.25, 0.3) is 10.9 Å². The molecule has 0 spiro atoms. The number of aryl methyl sites for hydroxylation is 1. The van der Waals surface area contributed by atoms with E-state index in [0.29, 0.717) is 0 Å². The Kier molecular flexibility index (Phi) is 3.14. The SMILES string of the molecule is Clc1ccc2[nH]c(CCCBr)cc2c1. The van der Waals surface area contributed by atoms with Gasteiger partial charge in [0, 0.05) is 26.9 Å². The van der Waals surface area contributed by atoms with E-state index in [0.717, 1.165) is 23.2 Å². The first-order valence-corrected chi connectivity index (χ1v) is 6.12. The molecule has 0 aliphatic rings. The largest absolute Gasteiger partial charge is 0.358 e. The molecule has 0 unspecified atom stereocenters. The Hall–Kier alpha value is -0.470. The summed E-state index contributed by atoms with van der Waals surface area (Å²) in [6.07, 6.45) is 2.23. The van der Waals surface area contributed by atoms with Crippen molar-refractivity contribution in [3.63, 3.8) is 0 Å². The number of fused-ring (bicyclic) bond motifs is 1. The van der Waals surface area contributed by atoms with Crippen LogP contribution in [0.2, 0.25) is 5.02 Å². The number of aromatic nitrogens is 1. The summed E-state index contributed by atoms with van der Waals surface area (Å²) in [5.74, 6) is 0. The molecule has 0 fully saturated rings. The molecule has 0 amide bonds. The van der Waals surface area contributed by atoms with Crippen molar-refractivity contribution in [3.05, 3.63) is 35.0 Å². The number of halogens is 2. The maximum Gasteiger partial charge on any atom is 0.0457 e. The van der Waals surface area contributed by atoms with E-state index in [1.807, 2.05) is 18.2 Å². The summed E-state index contributed by atoms with van der Waals surface area (Å²) in [4.78, 5) is 3.38. The summed E-state index contributed by atoms with van der Waals surface area (Å²) in [5, 5.41) is 3.04. The van der Waals surface area contributed by atoms with E-state index in [4.69, 9.17) is 11.6 Å². The van der Waals surface area contributed by atoms with Crippen molar-refractivity contribution in [2.24, 2.45) is 0 Å². The number of alkyl halides is 1. The molecule has 0 saturated heterocycles. The lowest BCUT2D eigenvalue weighted by Gasteiger charge is -1.91. The van der Waals surface area contributed by atoms with Gasteiger partial charge in [-0.3, -0.25) is 0 Å². The fourth-order valence-corrected chi connectivity index (χ4v) is 2.02. The van der Waals surface area contributed by atoms with Crippen LogP contribution in [0.5, 0.6) is 0 Å². The zero-order valence-corrected chi connectivity index (χ0v) is 10.0. The van der Waals surface area contributed by atoms with Crippen LogP contribution in [0.3, 0.4) is 0 Å². The maximum atomic E-state index is 5.91. The fraction of sp³-hybridized carbons (Fsp3) is 0.273. The number of hydrogen-bond donors (Lipinski definition) is 1. The molecule has 1 N–H and O–H groups in total. The molecule has 1 aromatic carbocycles. The van der Waals surface area contributed by atoms with Gasteiger partial charge in [-0.25, -0.2) is 0 Å². The van der Waals surface area contributed by atoms with Crippen LogP contribution in [0.15, 0.2) is 24.3 Å². The van der Waals surface area contributed by atoms with Crippen molar-refractivity contribution >= 4 is 38.4 Å². The lowest BCUT2D eigenvalue weighted by atomic mass is 10.2. The minimum Gasteiger partial charge on any atom is -0.358 e. The van der Waals surface area contributed by atoms with Gasteiger partial charge in [0.15, 0.2) is 0 Å². The molecule has 0 aliphatic carbocycles. The Morgan fingerprint density at radius 1 is 1.29 bits per heavy atom. The Bertz CT molecular complexity index is 436. The molecule has 2 rings (SSSR count). The van der Waals surface area contributed by atoms with E-state index in [1.54, 1.807) is 0 Å². The molecule has 0 bridgehead atoms. The summed E-state index contributed by atoms with van der Waals surface area (Å²) in [6.45, 7) is 0. The molecule has 1 nitrogen and oxygen atoms in total. The minimum absolute atomic E-state index is 0.795. The number of nitrogens with one attached hydrogen (secondary N) is 1. The van der Waals surface area contributed by atoms with Gasteiger partial charge < -0.3 is 4.98 Å². The highest BCUT2D eigenvalue weighted by Gasteiger charge is 2.00. The Balaban J connectivity index is 2.32. The van der Waals surface area contributed by atoms with Crippen LogP contribution in [-0.2, 0) is 6.42 Å².